The summed E-state index contributed by atoms with van der Waals surface area (Å²) < 4.78 is 33.0. The van der Waals surface area contributed by atoms with Gasteiger partial charge in [0, 0.05) is 5.69 Å². The zero-order chi connectivity index (χ0) is 17.2. The van der Waals surface area contributed by atoms with Gasteiger partial charge in [-0.2, -0.15) is 0 Å². The number of amides is 1. The Bertz CT molecular complexity index is 965. The van der Waals surface area contributed by atoms with E-state index in [9.17, 15) is 13.2 Å². The lowest BCUT2D eigenvalue weighted by molar-refractivity contribution is 0.0996. The van der Waals surface area contributed by atoms with E-state index in [2.05, 4.69) is 26.0 Å². The number of thiophene rings is 1. The van der Waals surface area contributed by atoms with E-state index >= 15 is 0 Å². The first-order chi connectivity index (χ1) is 11.4. The van der Waals surface area contributed by atoms with Gasteiger partial charge in [0.25, 0.3) is 15.9 Å². The monoisotopic (exact) mass is 426 g/mol. The standard InChI is InChI=1S/C15H11BrN2O4S2/c16-13-6-7-14(23-13)24(20,21)18-11-4-1-3-10(9-11)17-15(19)12-5-2-8-22-12/h1-9,18H,(H,17,19). The number of furan rings is 1. The third kappa shape index (κ3) is 3.86. The number of carbonyl (C=O) groups is 1. The van der Waals surface area contributed by atoms with Crippen molar-refractivity contribution in [3.8, 4) is 0 Å². The summed E-state index contributed by atoms with van der Waals surface area (Å²) in [5, 5.41) is 2.64. The maximum Gasteiger partial charge on any atom is 0.291 e. The summed E-state index contributed by atoms with van der Waals surface area (Å²) in [6.45, 7) is 0. The molecule has 3 aromatic rings. The molecule has 9 heteroatoms. The minimum atomic E-state index is -3.67. The number of halogens is 1. The van der Waals surface area contributed by atoms with Gasteiger partial charge in [0.05, 0.1) is 15.7 Å². The fourth-order valence-corrected chi connectivity index (χ4v) is 4.97. The van der Waals surface area contributed by atoms with Gasteiger partial charge in [-0.25, -0.2) is 8.42 Å². The fraction of sp³-hybridized carbons (Fsp3) is 0. The highest BCUT2D eigenvalue weighted by molar-refractivity contribution is 9.11. The van der Waals surface area contributed by atoms with Crippen molar-refractivity contribution in [2.24, 2.45) is 0 Å². The summed E-state index contributed by atoms with van der Waals surface area (Å²) in [6, 6.07) is 12.7. The molecule has 124 valence electrons. The van der Waals surface area contributed by atoms with Crippen LogP contribution in [0.2, 0.25) is 0 Å². The molecule has 0 saturated carbocycles. The first-order valence-corrected chi connectivity index (χ1v) is 9.76. The molecule has 0 radical (unpaired) electrons. The van der Waals surface area contributed by atoms with Crippen LogP contribution in [0.4, 0.5) is 11.4 Å². The predicted molar refractivity (Wildman–Crippen MR) is 95.9 cm³/mol. The van der Waals surface area contributed by atoms with Gasteiger partial charge in [-0.15, -0.1) is 11.3 Å². The van der Waals surface area contributed by atoms with Crippen molar-refractivity contribution < 1.29 is 17.6 Å². The summed E-state index contributed by atoms with van der Waals surface area (Å²) in [5.74, 6) is -0.244. The quantitative estimate of drug-likeness (QED) is 0.640. The number of carbonyl (C=O) groups excluding carboxylic acids is 1. The Labute approximate surface area is 150 Å². The summed E-state index contributed by atoms with van der Waals surface area (Å²) in [5.41, 5.74) is 0.792. The van der Waals surface area contributed by atoms with Crippen LogP contribution in [0.25, 0.3) is 0 Å². The minimum Gasteiger partial charge on any atom is -0.459 e. The number of hydrogen-bond acceptors (Lipinski definition) is 5. The number of benzene rings is 1. The lowest BCUT2D eigenvalue weighted by atomic mass is 10.3. The second kappa shape index (κ2) is 6.80. The van der Waals surface area contributed by atoms with Crippen molar-refractivity contribution >= 4 is 54.6 Å². The zero-order valence-electron chi connectivity index (χ0n) is 12.0. The molecule has 3 rings (SSSR count). The average molecular weight is 427 g/mol. The van der Waals surface area contributed by atoms with E-state index in [0.29, 0.717) is 11.4 Å². The number of hydrogen-bond donors (Lipinski definition) is 2. The summed E-state index contributed by atoms with van der Waals surface area (Å²) in [7, 11) is -3.67. The van der Waals surface area contributed by atoms with Crippen LogP contribution in [0.15, 0.2) is 67.2 Å². The Morgan fingerprint density at radius 1 is 1.08 bits per heavy atom. The van der Waals surface area contributed by atoms with Gasteiger partial charge in [-0.05, 0) is 58.4 Å². The van der Waals surface area contributed by atoms with Gasteiger partial charge in [-0.3, -0.25) is 9.52 Å². The molecule has 0 fully saturated rings. The van der Waals surface area contributed by atoms with Crippen molar-refractivity contribution in [1.82, 2.24) is 0 Å². The number of nitrogens with one attached hydrogen (secondary N) is 2. The molecule has 24 heavy (non-hydrogen) atoms. The molecule has 0 atom stereocenters. The summed E-state index contributed by atoms with van der Waals surface area (Å²) >= 11 is 4.35. The van der Waals surface area contributed by atoms with Crippen LogP contribution in [-0.4, -0.2) is 14.3 Å². The van der Waals surface area contributed by atoms with Gasteiger partial charge in [0.2, 0.25) is 0 Å². The first-order valence-electron chi connectivity index (χ1n) is 6.67. The number of rotatable bonds is 5. The maximum absolute atomic E-state index is 12.3. The highest BCUT2D eigenvalue weighted by Gasteiger charge is 2.17. The van der Waals surface area contributed by atoms with Crippen LogP contribution in [-0.2, 0) is 10.0 Å². The molecule has 0 aliphatic carbocycles. The van der Waals surface area contributed by atoms with Crippen molar-refractivity contribution in [1.29, 1.82) is 0 Å². The molecule has 1 aromatic carbocycles. The van der Waals surface area contributed by atoms with Crippen molar-refractivity contribution in [2.75, 3.05) is 10.0 Å². The SMILES string of the molecule is O=C(Nc1cccc(NS(=O)(=O)c2ccc(Br)s2)c1)c1ccco1. The summed E-state index contributed by atoms with van der Waals surface area (Å²) in [4.78, 5) is 11.9. The van der Waals surface area contributed by atoms with E-state index in [-0.39, 0.29) is 9.97 Å². The van der Waals surface area contributed by atoms with Gasteiger partial charge < -0.3 is 9.73 Å². The minimum absolute atomic E-state index is 0.171. The Morgan fingerprint density at radius 3 is 2.54 bits per heavy atom. The highest BCUT2D eigenvalue weighted by Crippen LogP contribution is 2.28. The molecule has 0 saturated heterocycles. The topological polar surface area (TPSA) is 88.4 Å². The molecule has 1 amide bonds. The molecule has 2 N–H and O–H groups in total. The van der Waals surface area contributed by atoms with E-state index in [4.69, 9.17) is 4.42 Å². The van der Waals surface area contributed by atoms with E-state index in [1.807, 2.05) is 0 Å². The van der Waals surface area contributed by atoms with Crippen molar-refractivity contribution in [3.63, 3.8) is 0 Å². The van der Waals surface area contributed by atoms with Crippen LogP contribution < -0.4 is 10.0 Å². The molecule has 2 heterocycles. The zero-order valence-corrected chi connectivity index (χ0v) is 15.2. The maximum atomic E-state index is 12.3. The predicted octanol–water partition coefficient (Wildman–Crippen LogP) is 4.16. The Kier molecular flexibility index (Phi) is 4.74. The Hall–Kier alpha value is -2.10. The second-order valence-corrected chi connectivity index (χ2v) is 9.05. The normalized spacial score (nSPS) is 11.2. The largest absolute Gasteiger partial charge is 0.459 e. The Balaban J connectivity index is 1.77. The highest BCUT2D eigenvalue weighted by atomic mass is 79.9. The van der Waals surface area contributed by atoms with Crippen LogP contribution in [0.5, 0.6) is 0 Å². The van der Waals surface area contributed by atoms with Crippen LogP contribution >= 0.6 is 27.3 Å². The van der Waals surface area contributed by atoms with E-state index in [1.165, 1.54) is 24.5 Å². The number of sulfonamides is 1. The van der Waals surface area contributed by atoms with Gasteiger partial charge in [-0.1, -0.05) is 6.07 Å². The molecular formula is C15H11BrN2O4S2. The number of anilines is 2. The van der Waals surface area contributed by atoms with Crippen molar-refractivity contribution in [3.05, 3.63) is 64.3 Å². The van der Waals surface area contributed by atoms with Gasteiger partial charge in [0.1, 0.15) is 4.21 Å². The molecule has 0 spiro atoms. The van der Waals surface area contributed by atoms with Crippen LogP contribution in [0, 0.1) is 0 Å². The summed E-state index contributed by atoms with van der Waals surface area (Å²) in [6.07, 6.45) is 1.40. The lowest BCUT2D eigenvalue weighted by Crippen LogP contribution is -2.13. The molecular weight excluding hydrogens is 416 g/mol. The third-order valence-corrected chi connectivity index (χ3v) is 6.43. The van der Waals surface area contributed by atoms with E-state index < -0.39 is 15.9 Å². The average Bonchev–Trinajstić information content (AvgIpc) is 3.18. The smallest absolute Gasteiger partial charge is 0.291 e. The first kappa shape index (κ1) is 16.7. The Morgan fingerprint density at radius 2 is 1.88 bits per heavy atom. The molecule has 0 aliphatic rings. The lowest BCUT2D eigenvalue weighted by Gasteiger charge is -2.09. The van der Waals surface area contributed by atoms with Gasteiger partial charge >= 0.3 is 0 Å². The fourth-order valence-electron chi connectivity index (χ4n) is 1.91. The van der Waals surface area contributed by atoms with Crippen molar-refractivity contribution in [2.45, 2.75) is 4.21 Å². The molecule has 2 aromatic heterocycles. The van der Waals surface area contributed by atoms with Crippen LogP contribution in [0.3, 0.4) is 0 Å². The molecule has 0 aliphatic heterocycles. The molecule has 6 nitrogen and oxygen atoms in total. The third-order valence-electron chi connectivity index (χ3n) is 2.93. The second-order valence-electron chi connectivity index (χ2n) is 4.68. The molecule has 0 bridgehead atoms. The molecule has 0 unspecified atom stereocenters. The van der Waals surface area contributed by atoms with Gasteiger partial charge in [0.15, 0.2) is 5.76 Å². The van der Waals surface area contributed by atoms with Crippen LogP contribution in [0.1, 0.15) is 10.6 Å². The van der Waals surface area contributed by atoms with E-state index in [1.54, 1.807) is 30.3 Å². The van der Waals surface area contributed by atoms with E-state index in [0.717, 1.165) is 15.1 Å².